The van der Waals surface area contributed by atoms with E-state index in [9.17, 15) is 0 Å². The zero-order valence-corrected chi connectivity index (χ0v) is 13.5. The van der Waals surface area contributed by atoms with Crippen molar-refractivity contribution in [3.8, 4) is 5.75 Å². The molecule has 0 bridgehead atoms. The number of nitrogens with zero attached hydrogens (tertiary/aromatic N) is 1. The minimum absolute atomic E-state index is 0.474. The van der Waals surface area contributed by atoms with E-state index in [1.807, 2.05) is 13.1 Å². The van der Waals surface area contributed by atoms with Gasteiger partial charge in [0.2, 0.25) is 0 Å². The summed E-state index contributed by atoms with van der Waals surface area (Å²) in [5.74, 6) is 1.60. The fourth-order valence-electron chi connectivity index (χ4n) is 3.08. The van der Waals surface area contributed by atoms with Crippen molar-refractivity contribution in [1.82, 2.24) is 10.2 Å². The third kappa shape index (κ3) is 3.12. The molecule has 1 heterocycles. The molecule has 3 nitrogen and oxygen atoms in total. The van der Waals surface area contributed by atoms with Gasteiger partial charge in [-0.1, -0.05) is 22.9 Å². The maximum absolute atomic E-state index is 5.38. The van der Waals surface area contributed by atoms with Crippen molar-refractivity contribution < 1.29 is 4.74 Å². The lowest BCUT2D eigenvalue weighted by Crippen LogP contribution is -2.29. The van der Waals surface area contributed by atoms with Crippen LogP contribution in [0.4, 0.5) is 0 Å². The van der Waals surface area contributed by atoms with Crippen molar-refractivity contribution in [2.45, 2.75) is 19.4 Å². The molecule has 0 aliphatic carbocycles. The summed E-state index contributed by atoms with van der Waals surface area (Å²) in [4.78, 5) is 2.56. The summed E-state index contributed by atoms with van der Waals surface area (Å²) >= 11 is 3.70. The van der Waals surface area contributed by atoms with E-state index in [1.54, 1.807) is 7.11 Å². The topological polar surface area (TPSA) is 24.5 Å². The van der Waals surface area contributed by atoms with E-state index in [-0.39, 0.29) is 0 Å². The first-order valence-electron chi connectivity index (χ1n) is 6.93. The summed E-state index contributed by atoms with van der Waals surface area (Å²) in [6.07, 6.45) is 1.25. The Morgan fingerprint density at radius 1 is 1.47 bits per heavy atom. The van der Waals surface area contributed by atoms with Crippen LogP contribution < -0.4 is 10.1 Å². The van der Waals surface area contributed by atoms with Crippen LogP contribution in [-0.4, -0.2) is 38.7 Å². The number of benzene rings is 1. The SMILES string of the molecule is CCN1CCC(CNC)C1c1cc(OC)ccc1Br. The van der Waals surface area contributed by atoms with Gasteiger partial charge in [-0.05, 0) is 62.8 Å². The molecule has 0 saturated carbocycles. The van der Waals surface area contributed by atoms with Crippen LogP contribution in [0.5, 0.6) is 5.75 Å². The van der Waals surface area contributed by atoms with Crippen LogP contribution in [-0.2, 0) is 0 Å². The molecule has 1 fully saturated rings. The molecule has 1 aromatic rings. The fourth-order valence-corrected chi connectivity index (χ4v) is 3.56. The molecule has 0 radical (unpaired) electrons. The van der Waals surface area contributed by atoms with Crippen LogP contribution in [0.25, 0.3) is 0 Å². The number of halogens is 1. The molecule has 19 heavy (non-hydrogen) atoms. The third-order valence-corrected chi connectivity index (χ3v) is 4.74. The molecular formula is C15H23BrN2O. The van der Waals surface area contributed by atoms with Crippen LogP contribution in [0.1, 0.15) is 24.9 Å². The second kappa shape index (κ2) is 6.73. The number of rotatable bonds is 5. The number of hydrogen-bond acceptors (Lipinski definition) is 3. The Labute approximate surface area is 124 Å². The molecule has 1 aliphatic heterocycles. The van der Waals surface area contributed by atoms with Crippen molar-refractivity contribution in [2.75, 3.05) is 33.8 Å². The van der Waals surface area contributed by atoms with E-state index in [1.165, 1.54) is 23.0 Å². The first kappa shape index (κ1) is 14.8. The Bertz CT molecular complexity index is 425. The molecule has 1 aliphatic rings. The number of methoxy groups -OCH3 is 1. The zero-order chi connectivity index (χ0) is 13.8. The van der Waals surface area contributed by atoms with Gasteiger partial charge in [-0.15, -0.1) is 0 Å². The monoisotopic (exact) mass is 326 g/mol. The second-order valence-electron chi connectivity index (χ2n) is 5.07. The predicted octanol–water partition coefficient (Wildman–Crippen LogP) is 3.06. The second-order valence-corrected chi connectivity index (χ2v) is 5.92. The summed E-state index contributed by atoms with van der Waals surface area (Å²) in [5, 5.41) is 3.33. The van der Waals surface area contributed by atoms with Crippen LogP contribution in [0.15, 0.2) is 22.7 Å². The quantitative estimate of drug-likeness (QED) is 0.900. The van der Waals surface area contributed by atoms with Gasteiger partial charge >= 0.3 is 0 Å². The molecule has 1 saturated heterocycles. The van der Waals surface area contributed by atoms with Gasteiger partial charge in [-0.25, -0.2) is 0 Å². The van der Waals surface area contributed by atoms with Crippen molar-refractivity contribution >= 4 is 15.9 Å². The predicted molar refractivity (Wildman–Crippen MR) is 82.7 cm³/mol. The van der Waals surface area contributed by atoms with Crippen LogP contribution in [0.3, 0.4) is 0 Å². The van der Waals surface area contributed by atoms with E-state index in [0.29, 0.717) is 12.0 Å². The smallest absolute Gasteiger partial charge is 0.119 e. The first-order chi connectivity index (χ1) is 9.21. The van der Waals surface area contributed by atoms with Gasteiger partial charge in [0.15, 0.2) is 0 Å². The molecule has 1 N–H and O–H groups in total. The summed E-state index contributed by atoms with van der Waals surface area (Å²) in [6, 6.07) is 6.75. The van der Waals surface area contributed by atoms with Gasteiger partial charge < -0.3 is 10.1 Å². The van der Waals surface area contributed by atoms with Crippen LogP contribution >= 0.6 is 15.9 Å². The van der Waals surface area contributed by atoms with Crippen molar-refractivity contribution in [3.63, 3.8) is 0 Å². The van der Waals surface area contributed by atoms with Crippen molar-refractivity contribution in [3.05, 3.63) is 28.2 Å². The highest BCUT2D eigenvalue weighted by atomic mass is 79.9. The molecular weight excluding hydrogens is 304 g/mol. The van der Waals surface area contributed by atoms with Gasteiger partial charge in [0.05, 0.1) is 7.11 Å². The van der Waals surface area contributed by atoms with E-state index in [2.05, 4.69) is 45.2 Å². The van der Waals surface area contributed by atoms with Gasteiger partial charge in [0, 0.05) is 10.5 Å². The van der Waals surface area contributed by atoms with Gasteiger partial charge in [0.1, 0.15) is 5.75 Å². The maximum Gasteiger partial charge on any atom is 0.119 e. The Morgan fingerprint density at radius 2 is 2.26 bits per heavy atom. The Morgan fingerprint density at radius 3 is 2.89 bits per heavy atom. The van der Waals surface area contributed by atoms with Crippen molar-refractivity contribution in [1.29, 1.82) is 0 Å². The van der Waals surface area contributed by atoms with Gasteiger partial charge in [-0.2, -0.15) is 0 Å². The lowest BCUT2D eigenvalue weighted by atomic mass is 9.93. The number of ether oxygens (including phenoxy) is 1. The summed E-state index contributed by atoms with van der Waals surface area (Å²) in [5.41, 5.74) is 1.35. The third-order valence-electron chi connectivity index (χ3n) is 4.02. The minimum Gasteiger partial charge on any atom is -0.497 e. The van der Waals surface area contributed by atoms with E-state index in [0.717, 1.165) is 18.8 Å². The normalized spacial score (nSPS) is 23.8. The average molecular weight is 327 g/mol. The molecule has 2 atom stereocenters. The molecule has 2 unspecified atom stereocenters. The molecule has 2 rings (SSSR count). The van der Waals surface area contributed by atoms with E-state index < -0.39 is 0 Å². The fraction of sp³-hybridized carbons (Fsp3) is 0.600. The minimum atomic E-state index is 0.474. The van der Waals surface area contributed by atoms with Crippen molar-refractivity contribution in [2.24, 2.45) is 5.92 Å². The number of likely N-dealkylation sites (tertiary alicyclic amines) is 1. The number of nitrogens with one attached hydrogen (secondary N) is 1. The Kier molecular flexibility index (Phi) is 5.25. The van der Waals surface area contributed by atoms with Crippen LogP contribution in [0.2, 0.25) is 0 Å². The highest BCUT2D eigenvalue weighted by Crippen LogP contribution is 2.41. The first-order valence-corrected chi connectivity index (χ1v) is 7.72. The molecule has 0 spiro atoms. The largest absolute Gasteiger partial charge is 0.497 e. The van der Waals surface area contributed by atoms with E-state index in [4.69, 9.17) is 4.74 Å². The average Bonchev–Trinajstić information content (AvgIpc) is 2.82. The molecule has 0 aromatic heterocycles. The molecule has 0 amide bonds. The zero-order valence-electron chi connectivity index (χ0n) is 11.9. The van der Waals surface area contributed by atoms with Gasteiger partial charge in [-0.3, -0.25) is 4.90 Å². The summed E-state index contributed by atoms with van der Waals surface area (Å²) in [6.45, 7) is 5.57. The number of hydrogen-bond donors (Lipinski definition) is 1. The molecule has 4 heteroatoms. The summed E-state index contributed by atoms with van der Waals surface area (Å²) < 4.78 is 6.56. The summed E-state index contributed by atoms with van der Waals surface area (Å²) in [7, 11) is 3.76. The Hall–Kier alpha value is -0.580. The van der Waals surface area contributed by atoms with Crippen LogP contribution in [0, 0.1) is 5.92 Å². The lowest BCUT2D eigenvalue weighted by molar-refractivity contribution is 0.237. The highest BCUT2D eigenvalue weighted by Gasteiger charge is 2.35. The maximum atomic E-state index is 5.38. The highest BCUT2D eigenvalue weighted by molar-refractivity contribution is 9.10. The standard InChI is InChI=1S/C15H23BrN2O/c1-4-18-8-7-11(10-17-2)15(18)13-9-12(19-3)5-6-14(13)16/h5-6,9,11,15,17H,4,7-8,10H2,1-3H3. The van der Waals surface area contributed by atoms with E-state index >= 15 is 0 Å². The molecule has 106 valence electrons. The molecule has 1 aromatic carbocycles. The lowest BCUT2D eigenvalue weighted by Gasteiger charge is -2.28. The Balaban J connectivity index is 2.34. The van der Waals surface area contributed by atoms with Gasteiger partial charge in [0.25, 0.3) is 0 Å².